The maximum Gasteiger partial charge on any atom is 0.297 e. The summed E-state index contributed by atoms with van der Waals surface area (Å²) in [5.74, 6) is -1.96. The van der Waals surface area contributed by atoms with Crippen LogP contribution in [0.5, 0.6) is 5.75 Å². The van der Waals surface area contributed by atoms with Crippen molar-refractivity contribution in [2.24, 2.45) is 0 Å². The number of benzene rings is 3. The summed E-state index contributed by atoms with van der Waals surface area (Å²) in [6.07, 6.45) is -0.141. The third-order valence-corrected chi connectivity index (χ3v) is 9.76. The van der Waals surface area contributed by atoms with Crippen LogP contribution in [-0.2, 0) is 20.4 Å². The monoisotopic (exact) mass is 759 g/mol. The minimum atomic E-state index is -1.97. The molecule has 4 rings (SSSR count). The van der Waals surface area contributed by atoms with Crippen LogP contribution in [0.1, 0.15) is 82.8 Å². The van der Waals surface area contributed by atoms with E-state index in [0.29, 0.717) is 11.4 Å². The van der Waals surface area contributed by atoms with Gasteiger partial charge in [-0.2, -0.15) is 0 Å². The molecule has 1 aromatic heterocycles. The van der Waals surface area contributed by atoms with E-state index in [1.165, 1.54) is 29.8 Å². The van der Waals surface area contributed by atoms with E-state index in [1.807, 2.05) is 12.1 Å². The van der Waals surface area contributed by atoms with E-state index in [9.17, 15) is 23.6 Å². The van der Waals surface area contributed by atoms with Gasteiger partial charge in [-0.1, -0.05) is 94.5 Å². The number of rotatable bonds is 13. The van der Waals surface area contributed by atoms with Crippen LogP contribution in [0.25, 0.3) is 5.69 Å². The van der Waals surface area contributed by atoms with Crippen LogP contribution in [-0.4, -0.2) is 40.3 Å². The average molecular weight is 761 g/mol. The molecule has 14 heteroatoms. The van der Waals surface area contributed by atoms with Gasteiger partial charge >= 0.3 is 0 Å². The van der Waals surface area contributed by atoms with Gasteiger partial charge in [-0.25, -0.2) is 9.07 Å². The van der Waals surface area contributed by atoms with Crippen LogP contribution in [0.3, 0.4) is 0 Å². The molecule has 1 heterocycles. The lowest BCUT2D eigenvalue weighted by Crippen LogP contribution is -2.26. The van der Waals surface area contributed by atoms with E-state index < -0.39 is 35.1 Å². The number of halogens is 4. The van der Waals surface area contributed by atoms with Gasteiger partial charge < -0.3 is 20.7 Å². The largest absolute Gasteiger partial charge is 0.483 e. The SMILES string of the molecule is CCC(C)(C)c1ccc(OCC(=O)Nc2cccc(C(=O)Nc3[nH]n(-c4c(Cl)cc(Cl)cc4Cl)c(=O)c3NC(=O)C(C)F)c2)c(C(C)(C)CC)c1. The summed E-state index contributed by atoms with van der Waals surface area (Å²) in [6, 6.07) is 14.8. The van der Waals surface area contributed by atoms with Gasteiger partial charge in [0.05, 0.1) is 10.0 Å². The minimum Gasteiger partial charge on any atom is -0.483 e. The molecule has 0 fully saturated rings. The van der Waals surface area contributed by atoms with Gasteiger partial charge in [-0.15, -0.1) is 0 Å². The molecule has 3 amide bonds. The molecule has 0 aliphatic heterocycles. The van der Waals surface area contributed by atoms with Crippen LogP contribution < -0.4 is 26.2 Å². The molecule has 0 saturated heterocycles. The van der Waals surface area contributed by atoms with Crippen molar-refractivity contribution in [1.29, 1.82) is 0 Å². The summed E-state index contributed by atoms with van der Waals surface area (Å²) in [6.45, 7) is 13.6. The van der Waals surface area contributed by atoms with Crippen molar-refractivity contribution in [1.82, 2.24) is 9.78 Å². The number of nitrogens with one attached hydrogen (secondary N) is 4. The number of ether oxygens (including phenoxy) is 1. The Labute approximate surface area is 311 Å². The number of hydrogen-bond donors (Lipinski definition) is 4. The maximum absolute atomic E-state index is 13.8. The molecule has 3 aromatic carbocycles. The highest BCUT2D eigenvalue weighted by molar-refractivity contribution is 6.40. The first-order valence-corrected chi connectivity index (χ1v) is 17.5. The van der Waals surface area contributed by atoms with Gasteiger partial charge in [-0.05, 0) is 72.6 Å². The van der Waals surface area contributed by atoms with Crippen molar-refractivity contribution < 1.29 is 23.5 Å². The van der Waals surface area contributed by atoms with Crippen LogP contribution in [0, 0.1) is 0 Å². The third kappa shape index (κ3) is 9.13. The first-order valence-electron chi connectivity index (χ1n) is 16.3. The highest BCUT2D eigenvalue weighted by Crippen LogP contribution is 2.38. The summed E-state index contributed by atoms with van der Waals surface area (Å²) in [5.41, 5.74) is 1.01. The van der Waals surface area contributed by atoms with Gasteiger partial charge in [-0.3, -0.25) is 24.3 Å². The Morgan fingerprint density at radius 3 is 2.16 bits per heavy atom. The normalized spacial score (nSPS) is 12.3. The van der Waals surface area contributed by atoms with E-state index in [1.54, 1.807) is 12.1 Å². The Hall–Kier alpha value is -4.32. The average Bonchev–Trinajstić information content (AvgIpc) is 3.36. The number of carbonyl (C=O) groups is 3. The second kappa shape index (κ2) is 15.9. The fraction of sp³-hybridized carbons (Fsp3) is 0.351. The predicted octanol–water partition coefficient (Wildman–Crippen LogP) is 9.07. The minimum absolute atomic E-state index is 0.0133. The predicted molar refractivity (Wildman–Crippen MR) is 202 cm³/mol. The Morgan fingerprint density at radius 2 is 1.55 bits per heavy atom. The molecule has 4 N–H and O–H groups in total. The van der Waals surface area contributed by atoms with Gasteiger partial charge in [0.2, 0.25) is 0 Å². The van der Waals surface area contributed by atoms with Gasteiger partial charge in [0.1, 0.15) is 11.4 Å². The molecule has 0 saturated carbocycles. The van der Waals surface area contributed by atoms with Crippen molar-refractivity contribution in [2.45, 2.75) is 78.3 Å². The third-order valence-electron chi connectivity index (χ3n) is 8.97. The molecule has 10 nitrogen and oxygen atoms in total. The number of aromatic amines is 1. The lowest BCUT2D eigenvalue weighted by Gasteiger charge is -2.30. The van der Waals surface area contributed by atoms with Crippen molar-refractivity contribution in [2.75, 3.05) is 22.6 Å². The molecule has 1 atom stereocenters. The van der Waals surface area contributed by atoms with Gasteiger partial charge in [0.15, 0.2) is 24.3 Å². The molecule has 0 aliphatic rings. The second-order valence-corrected chi connectivity index (χ2v) is 14.6. The standard InChI is InChI=1S/C37H41Cl3FN5O5/c1-8-36(4,5)22-13-14-28(25(16-22)37(6,7)9-2)51-19-29(47)42-24-12-10-11-21(15-24)34(49)44-32-30(43-33(48)20(3)41)35(50)46(45-32)31-26(39)17-23(38)18-27(31)40/h10-18,20,45H,8-9,19H2,1-7H3,(H,42,47)(H,43,48)(H,44,49). The molecule has 4 aromatic rings. The van der Waals surface area contributed by atoms with Gasteiger partial charge in [0, 0.05) is 21.8 Å². The topological polar surface area (TPSA) is 134 Å². The van der Waals surface area contributed by atoms with Crippen LogP contribution in [0.4, 0.5) is 21.6 Å². The Morgan fingerprint density at radius 1 is 0.902 bits per heavy atom. The Bertz CT molecular complexity index is 2000. The van der Waals surface area contributed by atoms with Gasteiger partial charge in [0.25, 0.3) is 23.3 Å². The molecule has 51 heavy (non-hydrogen) atoms. The molecule has 0 aliphatic carbocycles. The Balaban J connectivity index is 1.55. The first kappa shape index (κ1) is 39.5. The highest BCUT2D eigenvalue weighted by Gasteiger charge is 2.28. The number of alkyl halides is 1. The number of aromatic nitrogens is 2. The number of carbonyl (C=O) groups excluding carboxylic acids is 3. The second-order valence-electron chi connectivity index (χ2n) is 13.4. The zero-order valence-electron chi connectivity index (χ0n) is 29.4. The molecular weight excluding hydrogens is 720 g/mol. The van der Waals surface area contributed by atoms with E-state index in [0.717, 1.165) is 30.0 Å². The fourth-order valence-corrected chi connectivity index (χ4v) is 6.02. The molecule has 1 unspecified atom stereocenters. The summed E-state index contributed by atoms with van der Waals surface area (Å²) in [5, 5.41) is 10.3. The van der Waals surface area contributed by atoms with E-state index in [-0.39, 0.29) is 49.6 Å². The van der Waals surface area contributed by atoms with Crippen LogP contribution >= 0.6 is 34.8 Å². The zero-order chi connectivity index (χ0) is 37.8. The number of hydrogen-bond acceptors (Lipinski definition) is 5. The van der Waals surface area contributed by atoms with E-state index >= 15 is 0 Å². The maximum atomic E-state index is 13.8. The summed E-state index contributed by atoms with van der Waals surface area (Å²) < 4.78 is 20.7. The fourth-order valence-electron chi connectivity index (χ4n) is 5.04. The molecule has 0 spiro atoms. The smallest absolute Gasteiger partial charge is 0.297 e. The number of nitrogens with zero attached hydrogens (tertiary/aromatic N) is 1. The lowest BCUT2D eigenvalue weighted by atomic mass is 9.76. The van der Waals surface area contributed by atoms with Crippen molar-refractivity contribution in [3.05, 3.63) is 96.7 Å². The van der Waals surface area contributed by atoms with Crippen molar-refractivity contribution in [3.63, 3.8) is 0 Å². The highest BCUT2D eigenvalue weighted by atomic mass is 35.5. The molecule has 0 radical (unpaired) electrons. The first-order chi connectivity index (χ1) is 23.9. The van der Waals surface area contributed by atoms with Crippen molar-refractivity contribution >= 4 is 69.7 Å². The van der Waals surface area contributed by atoms with Crippen LogP contribution in [0.15, 0.2) is 59.4 Å². The van der Waals surface area contributed by atoms with Crippen LogP contribution in [0.2, 0.25) is 15.1 Å². The summed E-state index contributed by atoms with van der Waals surface area (Å²) >= 11 is 18.6. The van der Waals surface area contributed by atoms with E-state index in [4.69, 9.17) is 39.5 Å². The lowest BCUT2D eigenvalue weighted by molar-refractivity contribution is -0.120. The Kier molecular flexibility index (Phi) is 12.3. The molecular formula is C37H41Cl3FN5O5. The summed E-state index contributed by atoms with van der Waals surface area (Å²) in [4.78, 5) is 52.1. The number of anilines is 3. The van der Waals surface area contributed by atoms with Crippen molar-refractivity contribution in [3.8, 4) is 11.4 Å². The number of H-pyrrole nitrogens is 1. The van der Waals surface area contributed by atoms with E-state index in [2.05, 4.69) is 68.7 Å². The molecule has 272 valence electrons. The summed E-state index contributed by atoms with van der Waals surface area (Å²) in [7, 11) is 0. The quantitative estimate of drug-likeness (QED) is 0.108. The zero-order valence-corrected chi connectivity index (χ0v) is 31.7. The molecule has 0 bridgehead atoms. The number of amides is 3.